The number of ketones is 1. The van der Waals surface area contributed by atoms with Gasteiger partial charge in [-0.2, -0.15) is 5.26 Å². The Morgan fingerprint density at radius 3 is 2.73 bits per heavy atom. The Kier molecular flexibility index (Phi) is 3.29. The number of Topliss-reactive ketones (excluding diaryl/α,β-unsaturated/α-hetero) is 1. The third-order valence-electron chi connectivity index (χ3n) is 1.86. The first-order chi connectivity index (χ1) is 7.10. The van der Waals surface area contributed by atoms with Crippen LogP contribution in [0.15, 0.2) is 12.1 Å². The fraction of sp³-hybridized carbons (Fsp3) is 0.273. The van der Waals surface area contributed by atoms with Gasteiger partial charge in [-0.1, -0.05) is 0 Å². The summed E-state index contributed by atoms with van der Waals surface area (Å²) < 4.78 is 5.19. The monoisotopic (exact) mass is 205 g/mol. The highest BCUT2D eigenvalue weighted by molar-refractivity contribution is 5.99. The molecule has 1 aromatic rings. The number of hydrogen-bond donors (Lipinski definition) is 1. The van der Waals surface area contributed by atoms with Gasteiger partial charge in [0.25, 0.3) is 0 Å². The van der Waals surface area contributed by atoms with E-state index < -0.39 is 0 Å². The number of carbonyl (C=O) groups excluding carboxylic acids is 1. The lowest BCUT2D eigenvalue weighted by atomic mass is 10.1. The zero-order chi connectivity index (χ0) is 11.4. The maximum atomic E-state index is 11.2. The van der Waals surface area contributed by atoms with Crippen molar-refractivity contribution in [3.8, 4) is 17.6 Å². The minimum atomic E-state index is -0.291. The van der Waals surface area contributed by atoms with Crippen molar-refractivity contribution in [2.75, 3.05) is 6.61 Å². The molecule has 0 fully saturated rings. The number of nitriles is 1. The van der Waals surface area contributed by atoms with Crippen molar-refractivity contribution in [3.05, 3.63) is 23.3 Å². The van der Waals surface area contributed by atoms with Crippen molar-refractivity contribution in [1.29, 1.82) is 5.26 Å². The van der Waals surface area contributed by atoms with Crippen LogP contribution in [0.5, 0.6) is 11.5 Å². The van der Waals surface area contributed by atoms with E-state index in [1.54, 1.807) is 6.92 Å². The first-order valence-corrected chi connectivity index (χ1v) is 4.51. The maximum absolute atomic E-state index is 11.2. The lowest BCUT2D eigenvalue weighted by Crippen LogP contribution is -2.01. The summed E-state index contributed by atoms with van der Waals surface area (Å²) in [5.74, 6) is -0.257. The summed E-state index contributed by atoms with van der Waals surface area (Å²) in [6.07, 6.45) is 0. The smallest absolute Gasteiger partial charge is 0.167 e. The molecule has 0 saturated heterocycles. The van der Waals surface area contributed by atoms with Crippen molar-refractivity contribution in [2.24, 2.45) is 0 Å². The van der Waals surface area contributed by atoms with Crippen LogP contribution >= 0.6 is 0 Å². The SMILES string of the molecule is CCOc1cc(C#N)cc(O)c1C(C)=O. The van der Waals surface area contributed by atoms with Gasteiger partial charge in [0.2, 0.25) is 0 Å². The number of rotatable bonds is 3. The highest BCUT2D eigenvalue weighted by Crippen LogP contribution is 2.30. The molecule has 0 heterocycles. The van der Waals surface area contributed by atoms with Gasteiger partial charge in [-0.15, -0.1) is 0 Å². The van der Waals surface area contributed by atoms with Gasteiger partial charge in [0, 0.05) is 0 Å². The molecule has 0 saturated carbocycles. The van der Waals surface area contributed by atoms with E-state index in [4.69, 9.17) is 10.00 Å². The van der Waals surface area contributed by atoms with E-state index >= 15 is 0 Å². The summed E-state index contributed by atoms with van der Waals surface area (Å²) in [5.41, 5.74) is 0.386. The van der Waals surface area contributed by atoms with Crippen LogP contribution in [0, 0.1) is 11.3 Å². The van der Waals surface area contributed by atoms with Crippen LogP contribution in [0.4, 0.5) is 0 Å². The fourth-order valence-electron chi connectivity index (χ4n) is 1.29. The Morgan fingerprint density at radius 2 is 2.27 bits per heavy atom. The largest absolute Gasteiger partial charge is 0.507 e. The lowest BCUT2D eigenvalue weighted by Gasteiger charge is -2.09. The van der Waals surface area contributed by atoms with Gasteiger partial charge < -0.3 is 9.84 Å². The second kappa shape index (κ2) is 4.47. The van der Waals surface area contributed by atoms with E-state index in [9.17, 15) is 9.90 Å². The number of phenolic OH excluding ortho intramolecular Hbond substituents is 1. The van der Waals surface area contributed by atoms with E-state index in [2.05, 4.69) is 0 Å². The number of aromatic hydroxyl groups is 1. The molecular weight excluding hydrogens is 194 g/mol. The van der Waals surface area contributed by atoms with Crippen LogP contribution in [0.1, 0.15) is 29.8 Å². The molecule has 0 aliphatic carbocycles. The van der Waals surface area contributed by atoms with Gasteiger partial charge >= 0.3 is 0 Å². The summed E-state index contributed by atoms with van der Waals surface area (Å²) in [4.78, 5) is 11.2. The molecule has 78 valence electrons. The number of ether oxygens (including phenoxy) is 1. The van der Waals surface area contributed by atoms with Gasteiger partial charge in [0.15, 0.2) is 5.78 Å². The van der Waals surface area contributed by atoms with Gasteiger partial charge in [-0.05, 0) is 26.0 Å². The highest BCUT2D eigenvalue weighted by Gasteiger charge is 2.15. The second-order valence-corrected chi connectivity index (χ2v) is 2.97. The number of nitrogens with zero attached hydrogens (tertiary/aromatic N) is 1. The molecule has 0 unspecified atom stereocenters. The van der Waals surface area contributed by atoms with Crippen molar-refractivity contribution in [2.45, 2.75) is 13.8 Å². The van der Waals surface area contributed by atoms with Crippen molar-refractivity contribution in [1.82, 2.24) is 0 Å². The van der Waals surface area contributed by atoms with Crippen LogP contribution in [0.2, 0.25) is 0 Å². The lowest BCUT2D eigenvalue weighted by molar-refractivity contribution is 0.101. The molecule has 0 atom stereocenters. The van der Waals surface area contributed by atoms with Gasteiger partial charge in [0.05, 0.1) is 18.2 Å². The Morgan fingerprint density at radius 1 is 1.60 bits per heavy atom. The average molecular weight is 205 g/mol. The molecule has 1 aromatic carbocycles. The standard InChI is InChI=1S/C11H11NO3/c1-3-15-10-5-8(6-12)4-9(14)11(10)7(2)13/h4-5,14H,3H2,1-2H3. The van der Waals surface area contributed by atoms with Crippen LogP contribution in [-0.4, -0.2) is 17.5 Å². The van der Waals surface area contributed by atoms with Crippen LogP contribution in [0.25, 0.3) is 0 Å². The molecule has 0 bridgehead atoms. The van der Waals surface area contributed by atoms with Gasteiger partial charge in [0.1, 0.15) is 17.1 Å². The van der Waals surface area contributed by atoms with Crippen LogP contribution < -0.4 is 4.74 Å². The highest BCUT2D eigenvalue weighted by atomic mass is 16.5. The Hall–Kier alpha value is -2.02. The Bertz CT molecular complexity index is 432. The predicted octanol–water partition coefficient (Wildman–Crippen LogP) is 1.87. The summed E-state index contributed by atoms with van der Waals surface area (Å²) in [6.45, 7) is 3.47. The van der Waals surface area contributed by atoms with Crippen LogP contribution in [-0.2, 0) is 0 Å². The molecule has 0 aliphatic rings. The number of phenols is 1. The molecule has 0 aromatic heterocycles. The first-order valence-electron chi connectivity index (χ1n) is 4.51. The molecule has 1 rings (SSSR count). The first kappa shape index (κ1) is 11.1. The molecule has 0 aliphatic heterocycles. The van der Waals surface area contributed by atoms with E-state index in [0.29, 0.717) is 6.61 Å². The molecular formula is C11H11NO3. The van der Waals surface area contributed by atoms with E-state index in [1.807, 2.05) is 6.07 Å². The van der Waals surface area contributed by atoms with E-state index in [1.165, 1.54) is 19.1 Å². The quantitative estimate of drug-likeness (QED) is 0.764. The summed E-state index contributed by atoms with van der Waals surface area (Å²) >= 11 is 0. The number of carbonyl (C=O) groups is 1. The maximum Gasteiger partial charge on any atom is 0.167 e. The van der Waals surface area contributed by atoms with Gasteiger partial charge in [-0.25, -0.2) is 0 Å². The van der Waals surface area contributed by atoms with Crippen LogP contribution in [0.3, 0.4) is 0 Å². The summed E-state index contributed by atoms with van der Waals surface area (Å²) in [5, 5.41) is 18.2. The number of benzene rings is 1. The van der Waals surface area contributed by atoms with Crippen molar-refractivity contribution < 1.29 is 14.6 Å². The fourth-order valence-corrected chi connectivity index (χ4v) is 1.29. The number of hydrogen-bond acceptors (Lipinski definition) is 4. The zero-order valence-electron chi connectivity index (χ0n) is 8.57. The topological polar surface area (TPSA) is 70.3 Å². The third-order valence-corrected chi connectivity index (χ3v) is 1.86. The van der Waals surface area contributed by atoms with E-state index in [0.717, 1.165) is 0 Å². The Labute approximate surface area is 87.7 Å². The minimum Gasteiger partial charge on any atom is -0.507 e. The van der Waals surface area contributed by atoms with E-state index in [-0.39, 0.29) is 28.4 Å². The predicted molar refractivity (Wildman–Crippen MR) is 54.0 cm³/mol. The normalized spacial score (nSPS) is 9.40. The Balaban J connectivity index is 3.36. The molecule has 15 heavy (non-hydrogen) atoms. The summed E-state index contributed by atoms with van der Waals surface area (Å²) in [6, 6.07) is 4.58. The average Bonchev–Trinajstić information content (AvgIpc) is 2.16. The molecule has 0 radical (unpaired) electrons. The minimum absolute atomic E-state index is 0.121. The molecule has 1 N–H and O–H groups in total. The van der Waals surface area contributed by atoms with Crippen molar-refractivity contribution in [3.63, 3.8) is 0 Å². The molecule has 0 spiro atoms. The summed E-state index contributed by atoms with van der Waals surface area (Å²) in [7, 11) is 0. The third kappa shape index (κ3) is 2.26. The van der Waals surface area contributed by atoms with Gasteiger partial charge in [-0.3, -0.25) is 4.79 Å². The molecule has 4 nitrogen and oxygen atoms in total. The molecule has 4 heteroatoms. The molecule has 0 amide bonds. The zero-order valence-corrected chi connectivity index (χ0v) is 8.57. The van der Waals surface area contributed by atoms with Crippen molar-refractivity contribution >= 4 is 5.78 Å². The second-order valence-electron chi connectivity index (χ2n) is 2.97.